The molecule has 0 radical (unpaired) electrons. The van der Waals surface area contributed by atoms with E-state index in [0.717, 1.165) is 19.5 Å². The van der Waals surface area contributed by atoms with E-state index in [-0.39, 0.29) is 0 Å². The number of rotatable bonds is 2. The lowest BCUT2D eigenvalue weighted by atomic mass is 9.95. The Morgan fingerprint density at radius 3 is 2.37 bits per heavy atom. The van der Waals surface area contributed by atoms with Crippen molar-refractivity contribution in [2.75, 3.05) is 25.5 Å². The molecule has 0 fully saturated rings. The molecule has 0 atom stereocenters. The summed E-state index contributed by atoms with van der Waals surface area (Å²) in [4.78, 5) is 2.13. The molecule has 19 heavy (non-hydrogen) atoms. The summed E-state index contributed by atoms with van der Waals surface area (Å²) in [5, 5.41) is 3.41. The maximum absolute atomic E-state index is 3.41. The monoisotopic (exact) mass is 252 g/mol. The lowest BCUT2D eigenvalue weighted by Gasteiger charge is -2.18. The van der Waals surface area contributed by atoms with Gasteiger partial charge in [-0.2, -0.15) is 0 Å². The molecule has 0 aromatic heterocycles. The van der Waals surface area contributed by atoms with Crippen LogP contribution in [0, 0.1) is 0 Å². The minimum absolute atomic E-state index is 1.01. The van der Waals surface area contributed by atoms with E-state index in [9.17, 15) is 0 Å². The lowest BCUT2D eigenvalue weighted by molar-refractivity contribution is 0.644. The van der Waals surface area contributed by atoms with Crippen LogP contribution < -0.4 is 10.2 Å². The van der Waals surface area contributed by atoms with E-state index in [1.807, 2.05) is 0 Å². The fraction of sp³-hybridized carbons (Fsp3) is 0.294. The van der Waals surface area contributed by atoms with Gasteiger partial charge >= 0.3 is 0 Å². The maximum Gasteiger partial charge on any atom is 0.0361 e. The summed E-state index contributed by atoms with van der Waals surface area (Å²) in [5.74, 6) is 0. The van der Waals surface area contributed by atoms with Crippen LogP contribution in [0.5, 0.6) is 0 Å². The van der Waals surface area contributed by atoms with Crippen molar-refractivity contribution in [3.8, 4) is 11.1 Å². The minimum Gasteiger partial charge on any atom is -0.378 e. The highest BCUT2D eigenvalue weighted by Crippen LogP contribution is 2.26. The third kappa shape index (κ3) is 2.49. The van der Waals surface area contributed by atoms with E-state index in [1.54, 1.807) is 0 Å². The van der Waals surface area contributed by atoms with Gasteiger partial charge in [0.05, 0.1) is 0 Å². The van der Waals surface area contributed by atoms with Gasteiger partial charge in [-0.05, 0) is 47.4 Å². The summed E-state index contributed by atoms with van der Waals surface area (Å²) in [7, 11) is 4.14. The van der Waals surface area contributed by atoms with Gasteiger partial charge in [0.15, 0.2) is 0 Å². The van der Waals surface area contributed by atoms with E-state index >= 15 is 0 Å². The van der Waals surface area contributed by atoms with Crippen molar-refractivity contribution >= 4 is 5.69 Å². The molecule has 3 rings (SSSR count). The van der Waals surface area contributed by atoms with Crippen molar-refractivity contribution in [1.82, 2.24) is 5.32 Å². The van der Waals surface area contributed by atoms with Crippen LogP contribution in [0.15, 0.2) is 42.5 Å². The third-order valence-electron chi connectivity index (χ3n) is 3.81. The molecule has 1 aliphatic rings. The first-order valence-corrected chi connectivity index (χ1v) is 6.84. The van der Waals surface area contributed by atoms with Gasteiger partial charge in [0, 0.05) is 26.3 Å². The number of nitrogens with one attached hydrogen (secondary N) is 1. The standard InChI is InChI=1S/C17H20N2/c1-19(2)17-7-5-13(6-8-17)14-3-4-16-12-18-10-9-15(16)11-14/h3-8,11,18H,9-10,12H2,1-2H3. The molecule has 2 nitrogen and oxygen atoms in total. The minimum atomic E-state index is 1.01. The summed E-state index contributed by atoms with van der Waals surface area (Å²) in [6.45, 7) is 2.10. The Morgan fingerprint density at radius 1 is 0.895 bits per heavy atom. The van der Waals surface area contributed by atoms with Crippen molar-refractivity contribution in [2.45, 2.75) is 13.0 Å². The maximum atomic E-state index is 3.41. The Kier molecular flexibility index (Phi) is 3.26. The van der Waals surface area contributed by atoms with E-state index < -0.39 is 0 Å². The Labute approximate surface area is 115 Å². The van der Waals surface area contributed by atoms with Crippen LogP contribution in [0.2, 0.25) is 0 Å². The van der Waals surface area contributed by atoms with Crippen molar-refractivity contribution in [3.05, 3.63) is 53.6 Å². The second kappa shape index (κ2) is 5.06. The molecular weight excluding hydrogens is 232 g/mol. The zero-order chi connectivity index (χ0) is 13.2. The van der Waals surface area contributed by atoms with Crippen LogP contribution in [0.3, 0.4) is 0 Å². The molecule has 0 amide bonds. The second-order valence-corrected chi connectivity index (χ2v) is 5.35. The molecule has 1 N–H and O–H groups in total. The van der Waals surface area contributed by atoms with Gasteiger partial charge in [-0.3, -0.25) is 0 Å². The molecule has 2 aromatic rings. The number of hydrogen-bond acceptors (Lipinski definition) is 2. The van der Waals surface area contributed by atoms with Gasteiger partial charge in [0.1, 0.15) is 0 Å². The molecule has 0 unspecified atom stereocenters. The van der Waals surface area contributed by atoms with Crippen molar-refractivity contribution in [2.24, 2.45) is 0 Å². The molecule has 0 saturated carbocycles. The molecule has 0 aliphatic carbocycles. The van der Waals surface area contributed by atoms with Crippen LogP contribution in [-0.4, -0.2) is 20.6 Å². The highest BCUT2D eigenvalue weighted by molar-refractivity contribution is 5.67. The summed E-state index contributed by atoms with van der Waals surface area (Å²) in [6, 6.07) is 15.6. The fourth-order valence-corrected chi connectivity index (χ4v) is 2.61. The number of hydrogen-bond donors (Lipinski definition) is 1. The Morgan fingerprint density at radius 2 is 1.63 bits per heavy atom. The van der Waals surface area contributed by atoms with E-state index in [2.05, 4.69) is 66.8 Å². The van der Waals surface area contributed by atoms with Gasteiger partial charge < -0.3 is 10.2 Å². The summed E-state index contributed by atoms with van der Waals surface area (Å²) in [5.41, 5.74) is 6.80. The van der Waals surface area contributed by atoms with Crippen LogP contribution in [0.25, 0.3) is 11.1 Å². The van der Waals surface area contributed by atoms with Gasteiger partial charge in [-0.1, -0.05) is 30.3 Å². The van der Waals surface area contributed by atoms with E-state index in [0.29, 0.717) is 0 Å². The molecular formula is C17H20N2. The first-order valence-electron chi connectivity index (χ1n) is 6.84. The highest BCUT2D eigenvalue weighted by Gasteiger charge is 2.09. The predicted octanol–water partition coefficient (Wildman–Crippen LogP) is 3.07. The number of fused-ring (bicyclic) bond motifs is 1. The van der Waals surface area contributed by atoms with Crippen LogP contribution in [0.4, 0.5) is 5.69 Å². The van der Waals surface area contributed by atoms with Crippen molar-refractivity contribution in [1.29, 1.82) is 0 Å². The molecule has 0 bridgehead atoms. The largest absolute Gasteiger partial charge is 0.378 e. The first-order chi connectivity index (χ1) is 9.24. The molecule has 2 heteroatoms. The summed E-state index contributed by atoms with van der Waals surface area (Å²) < 4.78 is 0. The van der Waals surface area contributed by atoms with Gasteiger partial charge in [0.2, 0.25) is 0 Å². The van der Waals surface area contributed by atoms with E-state index in [1.165, 1.54) is 27.9 Å². The topological polar surface area (TPSA) is 15.3 Å². The quantitative estimate of drug-likeness (QED) is 0.883. The molecule has 1 aliphatic heterocycles. The lowest BCUT2D eigenvalue weighted by Crippen LogP contribution is -2.23. The van der Waals surface area contributed by atoms with Crippen LogP contribution >= 0.6 is 0 Å². The second-order valence-electron chi connectivity index (χ2n) is 5.35. The summed E-state index contributed by atoms with van der Waals surface area (Å²) in [6.07, 6.45) is 1.14. The van der Waals surface area contributed by atoms with Crippen molar-refractivity contribution < 1.29 is 0 Å². The average molecular weight is 252 g/mol. The van der Waals surface area contributed by atoms with E-state index in [4.69, 9.17) is 0 Å². The van der Waals surface area contributed by atoms with Gasteiger partial charge in [-0.15, -0.1) is 0 Å². The Balaban J connectivity index is 1.93. The SMILES string of the molecule is CN(C)c1ccc(-c2ccc3c(c2)CCNC3)cc1. The number of nitrogens with zero attached hydrogens (tertiary/aromatic N) is 1. The smallest absolute Gasteiger partial charge is 0.0361 e. The summed E-state index contributed by atoms with van der Waals surface area (Å²) >= 11 is 0. The molecule has 0 spiro atoms. The van der Waals surface area contributed by atoms with Crippen LogP contribution in [0.1, 0.15) is 11.1 Å². The van der Waals surface area contributed by atoms with Gasteiger partial charge in [-0.25, -0.2) is 0 Å². The molecule has 0 saturated heterocycles. The number of anilines is 1. The Hall–Kier alpha value is -1.80. The first kappa shape index (κ1) is 12.2. The average Bonchev–Trinajstić information content (AvgIpc) is 2.47. The number of benzene rings is 2. The van der Waals surface area contributed by atoms with Crippen LogP contribution in [-0.2, 0) is 13.0 Å². The normalized spacial score (nSPS) is 14.0. The third-order valence-corrected chi connectivity index (χ3v) is 3.81. The fourth-order valence-electron chi connectivity index (χ4n) is 2.61. The molecule has 1 heterocycles. The van der Waals surface area contributed by atoms with Gasteiger partial charge in [0.25, 0.3) is 0 Å². The Bertz CT molecular complexity index is 570. The highest BCUT2D eigenvalue weighted by atomic mass is 15.1. The zero-order valence-electron chi connectivity index (χ0n) is 11.6. The molecule has 98 valence electrons. The molecule has 2 aromatic carbocycles. The predicted molar refractivity (Wildman–Crippen MR) is 81.6 cm³/mol. The zero-order valence-corrected chi connectivity index (χ0v) is 11.6. The van der Waals surface area contributed by atoms with Crippen molar-refractivity contribution in [3.63, 3.8) is 0 Å².